The van der Waals surface area contributed by atoms with E-state index in [4.69, 9.17) is 0 Å². The molecule has 0 fully saturated rings. The maximum Gasteiger partial charge on any atom is 0.264 e. The summed E-state index contributed by atoms with van der Waals surface area (Å²) in [5.74, 6) is -0.0761. The van der Waals surface area contributed by atoms with Crippen molar-refractivity contribution in [1.29, 1.82) is 0 Å². The van der Waals surface area contributed by atoms with Gasteiger partial charge in [0.15, 0.2) is 0 Å². The van der Waals surface area contributed by atoms with Gasteiger partial charge in [-0.05, 0) is 33.8 Å². The van der Waals surface area contributed by atoms with E-state index in [-0.39, 0.29) is 5.91 Å². The maximum absolute atomic E-state index is 12.3. The summed E-state index contributed by atoms with van der Waals surface area (Å²) in [6, 6.07) is 1.72. The molecule has 1 amide bonds. The number of hydrogen-bond acceptors (Lipinski definition) is 4. The predicted molar refractivity (Wildman–Crippen MR) is 72.8 cm³/mol. The van der Waals surface area contributed by atoms with Crippen molar-refractivity contribution in [3.05, 3.63) is 21.4 Å². The summed E-state index contributed by atoms with van der Waals surface area (Å²) < 4.78 is 0. The number of amides is 1. The van der Waals surface area contributed by atoms with Gasteiger partial charge in [0, 0.05) is 23.5 Å². The number of carbonyl (C=O) groups is 1. The predicted octanol–water partition coefficient (Wildman–Crippen LogP) is 2.34. The fourth-order valence-electron chi connectivity index (χ4n) is 1.76. The van der Waals surface area contributed by atoms with Crippen LogP contribution in [-0.4, -0.2) is 34.1 Å². The molecule has 0 aliphatic heterocycles. The Labute approximate surface area is 112 Å². The van der Waals surface area contributed by atoms with Gasteiger partial charge in [-0.25, -0.2) is 0 Å². The molecule has 1 rings (SSSR count). The van der Waals surface area contributed by atoms with Crippen molar-refractivity contribution < 1.29 is 15.0 Å². The van der Waals surface area contributed by atoms with Gasteiger partial charge in [0.1, 0.15) is 0 Å². The third kappa shape index (κ3) is 3.10. The molecule has 0 radical (unpaired) electrons. The van der Waals surface area contributed by atoms with Crippen LogP contribution in [0.25, 0.3) is 0 Å². The Bertz CT molecular complexity index is 408. The lowest BCUT2D eigenvalue weighted by atomic mass is 10.1. The molecular formula is C13H21NO3S. The molecule has 0 saturated carbocycles. The summed E-state index contributed by atoms with van der Waals surface area (Å²) >= 11 is 1.26. The minimum atomic E-state index is -0.705. The van der Waals surface area contributed by atoms with Crippen LogP contribution in [0.3, 0.4) is 0 Å². The highest BCUT2D eigenvalue weighted by molar-refractivity contribution is 7.14. The lowest BCUT2D eigenvalue weighted by Crippen LogP contribution is -2.30. The van der Waals surface area contributed by atoms with Crippen LogP contribution in [0.5, 0.6) is 0 Å². The summed E-state index contributed by atoms with van der Waals surface area (Å²) in [6.45, 7) is 8.41. The molecule has 1 heterocycles. The number of nitrogens with zero attached hydrogens (tertiary/aromatic N) is 1. The Morgan fingerprint density at radius 2 is 1.83 bits per heavy atom. The fraction of sp³-hybridized carbons (Fsp3) is 0.615. The summed E-state index contributed by atoms with van der Waals surface area (Å²) in [4.78, 5) is 15.3. The van der Waals surface area contributed by atoms with Gasteiger partial charge in [-0.1, -0.05) is 0 Å². The second kappa shape index (κ2) is 6.31. The zero-order valence-corrected chi connectivity index (χ0v) is 12.1. The first-order valence-corrected chi connectivity index (χ1v) is 7.02. The van der Waals surface area contributed by atoms with Crippen LogP contribution in [0.1, 0.15) is 60.0 Å². The van der Waals surface area contributed by atoms with Crippen molar-refractivity contribution in [3.63, 3.8) is 0 Å². The first-order valence-electron chi connectivity index (χ1n) is 6.21. The molecule has 102 valence electrons. The van der Waals surface area contributed by atoms with Crippen molar-refractivity contribution in [2.75, 3.05) is 13.1 Å². The summed E-state index contributed by atoms with van der Waals surface area (Å²) in [5.41, 5.74) is 0.604. The lowest BCUT2D eigenvalue weighted by molar-refractivity contribution is 0.0772. The first-order chi connectivity index (χ1) is 8.42. The van der Waals surface area contributed by atoms with Crippen LogP contribution >= 0.6 is 11.3 Å². The molecule has 1 aromatic rings. The summed E-state index contributed by atoms with van der Waals surface area (Å²) in [6.07, 6.45) is -1.32. The molecule has 0 saturated heterocycles. The maximum atomic E-state index is 12.3. The Balaban J connectivity index is 3.17. The average molecular weight is 271 g/mol. The second-order valence-electron chi connectivity index (χ2n) is 4.26. The van der Waals surface area contributed by atoms with E-state index in [0.717, 1.165) is 0 Å². The molecule has 2 atom stereocenters. The summed E-state index contributed by atoms with van der Waals surface area (Å²) in [5, 5.41) is 19.3. The van der Waals surface area contributed by atoms with E-state index in [2.05, 4.69) is 0 Å². The van der Waals surface area contributed by atoms with Crippen LogP contribution in [0, 0.1) is 0 Å². The van der Waals surface area contributed by atoms with Crippen molar-refractivity contribution in [3.8, 4) is 0 Å². The van der Waals surface area contributed by atoms with Gasteiger partial charge < -0.3 is 15.1 Å². The average Bonchev–Trinajstić information content (AvgIpc) is 2.75. The SMILES string of the molecule is CCN(CC)C(=O)c1sc(C(C)O)cc1C(C)O. The van der Waals surface area contributed by atoms with Gasteiger partial charge in [-0.15, -0.1) is 11.3 Å². The first kappa shape index (κ1) is 15.1. The molecule has 2 unspecified atom stereocenters. The van der Waals surface area contributed by atoms with E-state index >= 15 is 0 Å². The standard InChI is InChI=1S/C13H21NO3S/c1-5-14(6-2)13(17)12-10(8(3)15)7-11(18-12)9(4)16/h7-9,15-16H,5-6H2,1-4H3. The topological polar surface area (TPSA) is 60.8 Å². The zero-order valence-electron chi connectivity index (χ0n) is 11.3. The highest BCUT2D eigenvalue weighted by atomic mass is 32.1. The summed E-state index contributed by atoms with van der Waals surface area (Å²) in [7, 11) is 0. The van der Waals surface area contributed by atoms with E-state index in [9.17, 15) is 15.0 Å². The number of aliphatic hydroxyl groups is 2. The minimum absolute atomic E-state index is 0.0761. The van der Waals surface area contributed by atoms with Gasteiger partial charge in [0.05, 0.1) is 17.1 Å². The highest BCUT2D eigenvalue weighted by Gasteiger charge is 2.23. The number of carbonyl (C=O) groups excluding carboxylic acids is 1. The number of aliphatic hydroxyl groups excluding tert-OH is 2. The molecule has 1 aromatic heterocycles. The lowest BCUT2D eigenvalue weighted by Gasteiger charge is -2.19. The molecule has 4 nitrogen and oxygen atoms in total. The smallest absolute Gasteiger partial charge is 0.264 e. The number of hydrogen-bond donors (Lipinski definition) is 2. The molecule has 0 aliphatic rings. The zero-order chi connectivity index (χ0) is 13.9. The highest BCUT2D eigenvalue weighted by Crippen LogP contribution is 2.32. The Kier molecular flexibility index (Phi) is 5.31. The molecular weight excluding hydrogens is 250 g/mol. The van der Waals surface area contributed by atoms with Crippen LogP contribution in [0.15, 0.2) is 6.07 Å². The van der Waals surface area contributed by atoms with Gasteiger partial charge in [0.2, 0.25) is 0 Å². The van der Waals surface area contributed by atoms with Crippen LogP contribution in [0.2, 0.25) is 0 Å². The molecule has 0 spiro atoms. The quantitative estimate of drug-likeness (QED) is 0.864. The number of rotatable bonds is 5. The second-order valence-corrected chi connectivity index (χ2v) is 5.35. The Morgan fingerprint density at radius 1 is 1.28 bits per heavy atom. The van der Waals surface area contributed by atoms with E-state index in [1.54, 1.807) is 24.8 Å². The van der Waals surface area contributed by atoms with Gasteiger partial charge >= 0.3 is 0 Å². The molecule has 0 aliphatic carbocycles. The van der Waals surface area contributed by atoms with E-state index in [1.165, 1.54) is 11.3 Å². The van der Waals surface area contributed by atoms with E-state index < -0.39 is 12.2 Å². The van der Waals surface area contributed by atoms with Crippen LogP contribution < -0.4 is 0 Å². The molecule has 0 bridgehead atoms. The van der Waals surface area contributed by atoms with Gasteiger partial charge in [0.25, 0.3) is 5.91 Å². The third-order valence-electron chi connectivity index (χ3n) is 2.89. The molecule has 5 heteroatoms. The molecule has 0 aromatic carbocycles. The van der Waals surface area contributed by atoms with Gasteiger partial charge in [-0.3, -0.25) is 4.79 Å². The van der Waals surface area contributed by atoms with E-state index in [1.807, 2.05) is 13.8 Å². The minimum Gasteiger partial charge on any atom is -0.389 e. The van der Waals surface area contributed by atoms with E-state index in [0.29, 0.717) is 28.4 Å². The Hall–Kier alpha value is -0.910. The van der Waals surface area contributed by atoms with Crippen LogP contribution in [0.4, 0.5) is 0 Å². The van der Waals surface area contributed by atoms with Gasteiger partial charge in [-0.2, -0.15) is 0 Å². The van der Waals surface area contributed by atoms with Crippen LogP contribution in [-0.2, 0) is 0 Å². The third-order valence-corrected chi connectivity index (χ3v) is 4.20. The molecule has 18 heavy (non-hydrogen) atoms. The fourth-order valence-corrected chi connectivity index (χ4v) is 2.92. The normalized spacial score (nSPS) is 14.3. The van der Waals surface area contributed by atoms with Crippen molar-refractivity contribution in [1.82, 2.24) is 4.90 Å². The van der Waals surface area contributed by atoms with Crippen molar-refractivity contribution in [2.45, 2.75) is 39.9 Å². The number of thiophene rings is 1. The molecule has 2 N–H and O–H groups in total. The largest absolute Gasteiger partial charge is 0.389 e. The Morgan fingerprint density at radius 3 is 2.22 bits per heavy atom. The van der Waals surface area contributed by atoms with Crippen molar-refractivity contribution >= 4 is 17.2 Å². The monoisotopic (exact) mass is 271 g/mol. The van der Waals surface area contributed by atoms with Crippen molar-refractivity contribution in [2.24, 2.45) is 0 Å².